The zero-order valence-electron chi connectivity index (χ0n) is 14.5. The molecule has 0 aliphatic heterocycles. The third kappa shape index (κ3) is 7.68. The topological polar surface area (TPSA) is 58.5 Å². The lowest BCUT2D eigenvalue weighted by atomic mass is 10.1. The maximum atomic E-state index is 13.1. The summed E-state index contributed by atoms with van der Waals surface area (Å²) in [5.74, 6) is 1.10. The van der Waals surface area contributed by atoms with Gasteiger partial charge in [-0.05, 0) is 42.7 Å². The monoisotopic (exact) mass is 458 g/mol. The molecular formula is C18H24FIN4O. The van der Waals surface area contributed by atoms with Gasteiger partial charge in [-0.2, -0.15) is 0 Å². The summed E-state index contributed by atoms with van der Waals surface area (Å²) in [7, 11) is 1.72. The maximum Gasteiger partial charge on any atom is 0.213 e. The standard InChI is InChI=1S/C18H23FN4O.HI/c1-3-24-17-12-15(8-9-21-17)13-23-18(20-2)22-10-7-14-5-4-6-16(19)11-14;/h4-6,8-9,11-12H,3,7,10,13H2,1-2H3,(H2,20,22,23);1H. The van der Waals surface area contributed by atoms with E-state index in [9.17, 15) is 4.39 Å². The number of halogens is 2. The molecule has 2 rings (SSSR count). The highest BCUT2D eigenvalue weighted by Gasteiger charge is 2.01. The van der Waals surface area contributed by atoms with Crippen LogP contribution in [0.3, 0.4) is 0 Å². The molecule has 7 heteroatoms. The molecule has 2 aromatic rings. The van der Waals surface area contributed by atoms with Crippen LogP contribution in [-0.4, -0.2) is 31.1 Å². The van der Waals surface area contributed by atoms with E-state index in [1.165, 1.54) is 6.07 Å². The van der Waals surface area contributed by atoms with Crippen molar-refractivity contribution < 1.29 is 9.13 Å². The second-order valence-corrected chi connectivity index (χ2v) is 5.17. The van der Waals surface area contributed by atoms with Crippen LogP contribution in [0.15, 0.2) is 47.6 Å². The van der Waals surface area contributed by atoms with Gasteiger partial charge in [-0.1, -0.05) is 12.1 Å². The van der Waals surface area contributed by atoms with E-state index in [1.54, 1.807) is 25.4 Å². The van der Waals surface area contributed by atoms with Gasteiger partial charge >= 0.3 is 0 Å². The highest BCUT2D eigenvalue weighted by Crippen LogP contribution is 2.09. The molecule has 0 saturated heterocycles. The first-order chi connectivity index (χ1) is 11.7. The van der Waals surface area contributed by atoms with Gasteiger partial charge in [0.15, 0.2) is 5.96 Å². The van der Waals surface area contributed by atoms with Crippen LogP contribution >= 0.6 is 24.0 Å². The Morgan fingerprint density at radius 1 is 1.20 bits per heavy atom. The predicted molar refractivity (Wildman–Crippen MR) is 109 cm³/mol. The SMILES string of the molecule is CCOc1cc(CNC(=NC)NCCc2cccc(F)c2)ccn1.I. The number of hydrogen-bond acceptors (Lipinski definition) is 3. The van der Waals surface area contributed by atoms with E-state index < -0.39 is 0 Å². The highest BCUT2D eigenvalue weighted by atomic mass is 127. The largest absolute Gasteiger partial charge is 0.478 e. The summed E-state index contributed by atoms with van der Waals surface area (Å²) < 4.78 is 18.5. The molecule has 5 nitrogen and oxygen atoms in total. The number of nitrogens with zero attached hydrogens (tertiary/aromatic N) is 2. The van der Waals surface area contributed by atoms with E-state index in [1.807, 2.05) is 25.1 Å². The summed E-state index contributed by atoms with van der Waals surface area (Å²) in [5.41, 5.74) is 2.01. The van der Waals surface area contributed by atoms with Crippen LogP contribution in [0.2, 0.25) is 0 Å². The third-order valence-corrected chi connectivity index (χ3v) is 3.37. The fourth-order valence-electron chi connectivity index (χ4n) is 2.21. The summed E-state index contributed by atoms with van der Waals surface area (Å²) in [4.78, 5) is 8.32. The van der Waals surface area contributed by atoms with E-state index in [2.05, 4.69) is 20.6 Å². The number of aromatic nitrogens is 1. The number of aliphatic imine (C=N–C) groups is 1. The third-order valence-electron chi connectivity index (χ3n) is 3.37. The fraction of sp³-hybridized carbons (Fsp3) is 0.333. The molecule has 136 valence electrons. The average Bonchev–Trinajstić information content (AvgIpc) is 2.59. The van der Waals surface area contributed by atoms with Crippen molar-refractivity contribution in [1.29, 1.82) is 0 Å². The summed E-state index contributed by atoms with van der Waals surface area (Å²) in [5, 5.41) is 6.45. The zero-order valence-corrected chi connectivity index (χ0v) is 16.8. The Bertz CT molecular complexity index is 682. The lowest BCUT2D eigenvalue weighted by Crippen LogP contribution is -2.37. The quantitative estimate of drug-likeness (QED) is 0.381. The van der Waals surface area contributed by atoms with Crippen LogP contribution in [0.4, 0.5) is 4.39 Å². The lowest BCUT2D eigenvalue weighted by Gasteiger charge is -2.12. The van der Waals surface area contributed by atoms with E-state index in [0.717, 1.165) is 17.5 Å². The number of benzene rings is 1. The molecule has 0 amide bonds. The summed E-state index contributed by atoms with van der Waals surface area (Å²) in [6, 6.07) is 10.4. The van der Waals surface area contributed by atoms with E-state index in [4.69, 9.17) is 4.74 Å². The van der Waals surface area contributed by atoms with Gasteiger partial charge in [0.1, 0.15) is 5.82 Å². The number of nitrogens with one attached hydrogen (secondary N) is 2. The van der Waals surface area contributed by atoms with Gasteiger partial charge in [-0.3, -0.25) is 4.99 Å². The van der Waals surface area contributed by atoms with Crippen molar-refractivity contribution >= 4 is 29.9 Å². The molecule has 0 atom stereocenters. The first-order valence-electron chi connectivity index (χ1n) is 7.98. The lowest BCUT2D eigenvalue weighted by molar-refractivity contribution is 0.326. The number of hydrogen-bond donors (Lipinski definition) is 2. The average molecular weight is 458 g/mol. The maximum absolute atomic E-state index is 13.1. The van der Waals surface area contributed by atoms with Gasteiger partial charge in [0.05, 0.1) is 6.61 Å². The van der Waals surface area contributed by atoms with Crippen molar-refractivity contribution in [3.63, 3.8) is 0 Å². The zero-order chi connectivity index (χ0) is 17.2. The second kappa shape index (κ2) is 11.6. The molecule has 0 radical (unpaired) electrons. The minimum atomic E-state index is -0.210. The van der Waals surface area contributed by atoms with Gasteiger partial charge in [-0.15, -0.1) is 24.0 Å². The first-order valence-corrected chi connectivity index (χ1v) is 7.98. The van der Waals surface area contributed by atoms with Gasteiger partial charge in [0.25, 0.3) is 0 Å². The molecule has 0 aliphatic rings. The Morgan fingerprint density at radius 3 is 2.76 bits per heavy atom. The van der Waals surface area contributed by atoms with Crippen LogP contribution in [0.25, 0.3) is 0 Å². The molecule has 0 saturated carbocycles. The molecule has 0 bridgehead atoms. The Morgan fingerprint density at radius 2 is 2.04 bits per heavy atom. The number of rotatable bonds is 7. The normalized spacial score (nSPS) is 10.8. The second-order valence-electron chi connectivity index (χ2n) is 5.17. The van der Waals surface area contributed by atoms with Crippen LogP contribution < -0.4 is 15.4 Å². The molecule has 0 unspecified atom stereocenters. The number of pyridine rings is 1. The summed E-state index contributed by atoms with van der Waals surface area (Å²) >= 11 is 0. The minimum Gasteiger partial charge on any atom is -0.478 e. The van der Waals surface area contributed by atoms with Crippen LogP contribution in [0.1, 0.15) is 18.1 Å². The molecular weight excluding hydrogens is 434 g/mol. The Kier molecular flexibility index (Phi) is 9.83. The van der Waals surface area contributed by atoms with Crippen molar-refractivity contribution in [3.05, 3.63) is 59.5 Å². The van der Waals surface area contributed by atoms with Gasteiger partial charge < -0.3 is 15.4 Å². The van der Waals surface area contributed by atoms with Crippen molar-refractivity contribution in [2.75, 3.05) is 20.2 Å². The molecule has 1 heterocycles. The molecule has 1 aromatic carbocycles. The molecule has 0 aliphatic carbocycles. The Balaban J connectivity index is 0.00000312. The molecule has 1 aromatic heterocycles. The van der Waals surface area contributed by atoms with Crippen molar-refractivity contribution in [3.8, 4) is 5.88 Å². The van der Waals surface area contributed by atoms with Gasteiger partial charge in [0.2, 0.25) is 5.88 Å². The minimum absolute atomic E-state index is 0. The Hall–Kier alpha value is -1.90. The van der Waals surface area contributed by atoms with Crippen molar-refractivity contribution in [1.82, 2.24) is 15.6 Å². The van der Waals surface area contributed by atoms with E-state index in [0.29, 0.717) is 31.5 Å². The van der Waals surface area contributed by atoms with E-state index in [-0.39, 0.29) is 29.8 Å². The molecule has 0 fully saturated rings. The predicted octanol–water partition coefficient (Wildman–Crippen LogP) is 3.15. The number of guanidine groups is 1. The smallest absolute Gasteiger partial charge is 0.213 e. The highest BCUT2D eigenvalue weighted by molar-refractivity contribution is 14.0. The summed E-state index contributed by atoms with van der Waals surface area (Å²) in [6.45, 7) is 3.80. The van der Waals surface area contributed by atoms with Gasteiger partial charge in [0, 0.05) is 32.4 Å². The van der Waals surface area contributed by atoms with Gasteiger partial charge in [-0.25, -0.2) is 9.37 Å². The first kappa shape index (κ1) is 21.1. The van der Waals surface area contributed by atoms with Crippen LogP contribution in [-0.2, 0) is 13.0 Å². The number of ether oxygens (including phenoxy) is 1. The summed E-state index contributed by atoms with van der Waals surface area (Å²) in [6.07, 6.45) is 2.45. The van der Waals surface area contributed by atoms with E-state index >= 15 is 0 Å². The Labute approximate surface area is 165 Å². The fourth-order valence-corrected chi connectivity index (χ4v) is 2.21. The molecule has 2 N–H and O–H groups in total. The van der Waals surface area contributed by atoms with Crippen LogP contribution in [0.5, 0.6) is 5.88 Å². The molecule has 0 spiro atoms. The van der Waals surface area contributed by atoms with Crippen molar-refractivity contribution in [2.24, 2.45) is 4.99 Å². The molecule has 25 heavy (non-hydrogen) atoms. The van der Waals surface area contributed by atoms with Crippen LogP contribution in [0, 0.1) is 5.82 Å². The van der Waals surface area contributed by atoms with Crippen molar-refractivity contribution in [2.45, 2.75) is 19.9 Å².